The van der Waals surface area contributed by atoms with E-state index in [1.807, 2.05) is 58.0 Å². The van der Waals surface area contributed by atoms with Crippen molar-refractivity contribution in [3.63, 3.8) is 0 Å². The Morgan fingerprint density at radius 1 is 1.22 bits per heavy atom. The van der Waals surface area contributed by atoms with Gasteiger partial charge in [-0.1, -0.05) is 24.3 Å². The number of para-hydroxylation sites is 1. The van der Waals surface area contributed by atoms with Crippen molar-refractivity contribution in [3.8, 4) is 0 Å². The third-order valence-corrected chi connectivity index (χ3v) is 3.30. The molecule has 0 amide bonds. The van der Waals surface area contributed by atoms with Crippen LogP contribution in [0.3, 0.4) is 0 Å². The molecule has 7 heteroatoms. The summed E-state index contributed by atoms with van der Waals surface area (Å²) >= 11 is 0. The number of anilines is 1. The summed E-state index contributed by atoms with van der Waals surface area (Å²) in [5.41, 5.74) is 2.94. The highest BCUT2D eigenvalue weighted by Crippen LogP contribution is 2.10. The second kappa shape index (κ2) is 8.45. The lowest BCUT2D eigenvalue weighted by Crippen LogP contribution is -3.00. The van der Waals surface area contributed by atoms with E-state index in [0.717, 1.165) is 29.7 Å². The number of halogens is 1. The molecule has 0 aliphatic rings. The predicted molar refractivity (Wildman–Crippen MR) is 84.0 cm³/mol. The van der Waals surface area contributed by atoms with Gasteiger partial charge in [0.1, 0.15) is 17.9 Å². The van der Waals surface area contributed by atoms with Gasteiger partial charge in [-0.2, -0.15) is 4.57 Å². The first-order valence-corrected chi connectivity index (χ1v) is 7.46. The maximum Gasteiger partial charge on any atom is 0.252 e. The predicted octanol–water partition coefficient (Wildman–Crippen LogP) is -0.823. The van der Waals surface area contributed by atoms with Crippen molar-refractivity contribution < 1.29 is 21.7 Å². The third-order valence-electron chi connectivity index (χ3n) is 3.30. The molecule has 0 saturated heterocycles. The van der Waals surface area contributed by atoms with Crippen molar-refractivity contribution in [1.29, 1.82) is 0 Å². The molecule has 0 aliphatic carbocycles. The summed E-state index contributed by atoms with van der Waals surface area (Å²) in [6.45, 7) is 4.01. The van der Waals surface area contributed by atoms with E-state index in [4.69, 9.17) is 4.74 Å². The summed E-state index contributed by atoms with van der Waals surface area (Å²) in [5, 5.41) is 11.7. The monoisotopic (exact) mass is 333 g/mol. The van der Waals surface area contributed by atoms with Gasteiger partial charge in [-0.25, -0.2) is 4.68 Å². The van der Waals surface area contributed by atoms with Crippen LogP contribution in [0.1, 0.15) is 13.3 Å². The number of hydrogen-bond donors (Lipinski definition) is 1. The number of aromatic nitrogens is 4. The molecule has 0 atom stereocenters. The summed E-state index contributed by atoms with van der Waals surface area (Å²) in [6, 6.07) is 11.9. The molecule has 0 bridgehead atoms. The normalized spacial score (nSPS) is 10.5. The van der Waals surface area contributed by atoms with Crippen LogP contribution in [0.2, 0.25) is 0 Å². The first-order chi connectivity index (χ1) is 10.9. The second-order valence-electron chi connectivity index (χ2n) is 5.06. The van der Waals surface area contributed by atoms with Crippen LogP contribution < -0.4 is 22.3 Å². The Bertz CT molecular complexity index is 746. The standard InChI is InChI=1S/C16H20N5O.ClH/c1-2-10-22-13-20-9-5-6-14(11-20)17-12-21-16-8-4-3-7-15(16)18-19-21;/h3-9,11,17H,2,10,12-13H2,1H3;1H/q+1;/p-1. The zero-order valence-corrected chi connectivity index (χ0v) is 13.8. The minimum absolute atomic E-state index is 0. The Hall–Kier alpha value is -2.18. The Kier molecular flexibility index (Phi) is 6.31. The van der Waals surface area contributed by atoms with Crippen LogP contribution in [0.4, 0.5) is 5.69 Å². The maximum atomic E-state index is 5.54. The third kappa shape index (κ3) is 4.40. The van der Waals surface area contributed by atoms with Crippen molar-refractivity contribution in [2.75, 3.05) is 11.9 Å². The highest BCUT2D eigenvalue weighted by atomic mass is 35.5. The van der Waals surface area contributed by atoms with E-state index >= 15 is 0 Å². The largest absolute Gasteiger partial charge is 1.00 e. The van der Waals surface area contributed by atoms with Crippen LogP contribution in [0, 0.1) is 0 Å². The fraction of sp³-hybridized carbons (Fsp3) is 0.312. The summed E-state index contributed by atoms with van der Waals surface area (Å²) in [5.74, 6) is 0. The van der Waals surface area contributed by atoms with Gasteiger partial charge in [0, 0.05) is 6.07 Å². The van der Waals surface area contributed by atoms with Crippen molar-refractivity contribution in [3.05, 3.63) is 48.8 Å². The van der Waals surface area contributed by atoms with Crippen LogP contribution in [0.5, 0.6) is 0 Å². The lowest BCUT2D eigenvalue weighted by Gasteiger charge is -2.06. The molecule has 0 saturated carbocycles. The van der Waals surface area contributed by atoms with Gasteiger partial charge < -0.3 is 22.5 Å². The number of rotatable bonds is 7. The molecule has 0 unspecified atom stereocenters. The molecular formula is C16H20ClN5O. The molecular weight excluding hydrogens is 314 g/mol. The molecule has 1 N–H and O–H groups in total. The number of benzene rings is 1. The molecule has 6 nitrogen and oxygen atoms in total. The van der Waals surface area contributed by atoms with E-state index in [0.29, 0.717) is 13.4 Å². The summed E-state index contributed by atoms with van der Waals surface area (Å²) < 4.78 is 9.40. The van der Waals surface area contributed by atoms with E-state index in [2.05, 4.69) is 22.6 Å². The minimum Gasteiger partial charge on any atom is -1.00 e. The smallest absolute Gasteiger partial charge is 0.252 e. The number of hydrogen-bond acceptors (Lipinski definition) is 4. The number of fused-ring (bicyclic) bond motifs is 1. The quantitative estimate of drug-likeness (QED) is 0.453. The fourth-order valence-electron chi connectivity index (χ4n) is 2.22. The van der Waals surface area contributed by atoms with Crippen molar-refractivity contribution in [2.45, 2.75) is 26.7 Å². The molecule has 1 aromatic carbocycles. The van der Waals surface area contributed by atoms with Crippen LogP contribution in [0.25, 0.3) is 11.0 Å². The van der Waals surface area contributed by atoms with E-state index in [9.17, 15) is 0 Å². The summed E-state index contributed by atoms with van der Waals surface area (Å²) in [4.78, 5) is 0. The topological polar surface area (TPSA) is 55.9 Å². The van der Waals surface area contributed by atoms with Crippen LogP contribution in [-0.4, -0.2) is 21.6 Å². The van der Waals surface area contributed by atoms with Gasteiger partial charge in [0.15, 0.2) is 12.4 Å². The van der Waals surface area contributed by atoms with Gasteiger partial charge in [-0.15, -0.1) is 5.10 Å². The Balaban J connectivity index is 0.00000192. The Labute approximate surface area is 141 Å². The van der Waals surface area contributed by atoms with Crippen LogP contribution in [0.15, 0.2) is 48.8 Å². The summed E-state index contributed by atoms with van der Waals surface area (Å²) in [6.07, 6.45) is 5.04. The molecule has 2 heterocycles. The first kappa shape index (κ1) is 17.2. The number of nitrogens with zero attached hydrogens (tertiary/aromatic N) is 4. The average Bonchev–Trinajstić information content (AvgIpc) is 2.97. The second-order valence-corrected chi connectivity index (χ2v) is 5.06. The molecule has 0 aliphatic heterocycles. The Morgan fingerprint density at radius 3 is 2.96 bits per heavy atom. The zero-order valence-electron chi connectivity index (χ0n) is 13.0. The molecule has 122 valence electrons. The molecule has 2 aromatic heterocycles. The fourth-order valence-corrected chi connectivity index (χ4v) is 2.22. The highest BCUT2D eigenvalue weighted by Gasteiger charge is 2.05. The molecule has 0 radical (unpaired) electrons. The highest BCUT2D eigenvalue weighted by molar-refractivity contribution is 5.73. The Morgan fingerprint density at radius 2 is 2.09 bits per heavy atom. The van der Waals surface area contributed by atoms with Crippen LogP contribution in [-0.2, 0) is 18.1 Å². The van der Waals surface area contributed by atoms with Crippen molar-refractivity contribution in [2.24, 2.45) is 0 Å². The SMILES string of the molecule is CCCOC[n+]1cccc(NCn2nnc3ccccc32)c1.[Cl-]. The van der Waals surface area contributed by atoms with Crippen molar-refractivity contribution in [1.82, 2.24) is 15.0 Å². The summed E-state index contributed by atoms with van der Waals surface area (Å²) in [7, 11) is 0. The van der Waals surface area contributed by atoms with E-state index < -0.39 is 0 Å². The van der Waals surface area contributed by atoms with Gasteiger partial charge >= 0.3 is 0 Å². The maximum absolute atomic E-state index is 5.54. The van der Waals surface area contributed by atoms with E-state index in [1.165, 1.54) is 0 Å². The number of ether oxygens (including phenoxy) is 1. The molecule has 0 spiro atoms. The molecule has 3 rings (SSSR count). The van der Waals surface area contributed by atoms with E-state index in [1.54, 1.807) is 0 Å². The van der Waals surface area contributed by atoms with Crippen molar-refractivity contribution >= 4 is 16.7 Å². The van der Waals surface area contributed by atoms with E-state index in [-0.39, 0.29) is 12.4 Å². The lowest BCUT2D eigenvalue weighted by atomic mass is 10.3. The number of pyridine rings is 1. The first-order valence-electron chi connectivity index (χ1n) is 7.46. The molecule has 23 heavy (non-hydrogen) atoms. The minimum atomic E-state index is 0. The van der Waals surface area contributed by atoms with Gasteiger partial charge in [0.05, 0.1) is 12.1 Å². The van der Waals surface area contributed by atoms with Gasteiger partial charge in [-0.05, 0) is 24.6 Å². The lowest BCUT2D eigenvalue weighted by molar-refractivity contribution is -0.732. The van der Waals surface area contributed by atoms with Gasteiger partial charge in [0.2, 0.25) is 0 Å². The van der Waals surface area contributed by atoms with Crippen LogP contribution >= 0.6 is 0 Å². The van der Waals surface area contributed by atoms with Gasteiger partial charge in [-0.3, -0.25) is 0 Å². The average molecular weight is 334 g/mol. The number of nitrogens with one attached hydrogen (secondary N) is 1. The zero-order chi connectivity index (χ0) is 15.2. The molecule has 0 fully saturated rings. The molecule has 3 aromatic rings. The van der Waals surface area contributed by atoms with Gasteiger partial charge in [0.25, 0.3) is 6.73 Å².